The molecular weight excluding hydrogens is 474 g/mol. The Morgan fingerprint density at radius 3 is 2.41 bits per heavy atom. The Balaban J connectivity index is 1.72. The third-order valence-electron chi connectivity index (χ3n) is 4.76. The molecule has 2 aromatic carbocycles. The predicted octanol–water partition coefficient (Wildman–Crippen LogP) is 3.77. The lowest BCUT2D eigenvalue weighted by Gasteiger charge is -2.23. The molecular formula is C19H22BrN5O2S2. The van der Waals surface area contributed by atoms with Gasteiger partial charge in [0.2, 0.25) is 0 Å². The summed E-state index contributed by atoms with van der Waals surface area (Å²) in [5, 5.41) is 1.74. The third kappa shape index (κ3) is 4.06. The van der Waals surface area contributed by atoms with Crippen molar-refractivity contribution in [3.05, 3.63) is 58.6 Å². The summed E-state index contributed by atoms with van der Waals surface area (Å²) in [5.41, 5.74) is 12.4. The smallest absolute Gasteiger partial charge is 0.256 e. The fourth-order valence-corrected chi connectivity index (χ4v) is 7.07. The maximum Gasteiger partial charge on any atom is 0.264 e. The topological polar surface area (TPSA) is 85.5 Å². The molecule has 1 aliphatic rings. The van der Waals surface area contributed by atoms with E-state index in [1.54, 1.807) is 12.1 Å². The number of sulfonamides is 1. The number of hydrogen-bond acceptors (Lipinski definition) is 7. The van der Waals surface area contributed by atoms with Crippen LogP contribution in [-0.2, 0) is 10.0 Å². The van der Waals surface area contributed by atoms with Crippen LogP contribution in [-0.4, -0.2) is 15.0 Å². The summed E-state index contributed by atoms with van der Waals surface area (Å²) in [6.07, 6.45) is 1.55. The molecule has 0 saturated carbocycles. The molecule has 4 N–H and O–H groups in total. The van der Waals surface area contributed by atoms with Crippen molar-refractivity contribution in [2.45, 2.75) is 30.8 Å². The van der Waals surface area contributed by atoms with Crippen LogP contribution in [0.5, 0.6) is 0 Å². The Hall–Kier alpha value is -1.53. The van der Waals surface area contributed by atoms with Gasteiger partial charge in [0.05, 0.1) is 9.37 Å². The van der Waals surface area contributed by atoms with Crippen LogP contribution in [0.3, 0.4) is 0 Å². The van der Waals surface area contributed by atoms with Crippen molar-refractivity contribution >= 4 is 52.4 Å². The molecule has 0 atom stereocenters. The summed E-state index contributed by atoms with van der Waals surface area (Å²) in [5.74, 6) is 0. The highest BCUT2D eigenvalue weighted by Gasteiger charge is 2.29. The third-order valence-corrected chi connectivity index (χ3v) is 8.94. The molecule has 3 aromatic rings. The van der Waals surface area contributed by atoms with Gasteiger partial charge in [-0.1, -0.05) is 43.7 Å². The molecule has 0 spiro atoms. The number of nitrogens with one attached hydrogen (secondary N) is 4. The first-order valence-corrected chi connectivity index (χ1v) is 12.4. The second-order valence-corrected chi connectivity index (χ2v) is 10.4. The monoisotopic (exact) mass is 495 g/mol. The minimum Gasteiger partial charge on any atom is -0.256 e. The molecule has 1 aliphatic heterocycles. The average Bonchev–Trinajstić information content (AvgIpc) is 3.38. The number of hydrazine groups is 3. The summed E-state index contributed by atoms with van der Waals surface area (Å²) in [6.45, 7) is 2.49. The SMILES string of the molecule is CCCCN(c1sc2ccccc2c1Br)S(=O)(=O)c1ccc(C2NNNN2)cc1. The summed E-state index contributed by atoms with van der Waals surface area (Å²) in [6, 6.07) is 14.9. The highest BCUT2D eigenvalue weighted by atomic mass is 79.9. The molecule has 29 heavy (non-hydrogen) atoms. The number of halogens is 1. The van der Waals surface area contributed by atoms with Gasteiger partial charge in [-0.15, -0.1) is 11.3 Å². The van der Waals surface area contributed by atoms with Gasteiger partial charge in [0, 0.05) is 16.6 Å². The number of anilines is 1. The van der Waals surface area contributed by atoms with Gasteiger partial charge in [0.25, 0.3) is 10.0 Å². The van der Waals surface area contributed by atoms with Crippen LogP contribution >= 0.6 is 27.3 Å². The van der Waals surface area contributed by atoms with E-state index >= 15 is 0 Å². The van der Waals surface area contributed by atoms with Crippen LogP contribution in [0.25, 0.3) is 10.1 Å². The van der Waals surface area contributed by atoms with Crippen LogP contribution < -0.4 is 26.2 Å². The molecule has 1 saturated heterocycles. The van der Waals surface area contributed by atoms with Gasteiger partial charge in [0.1, 0.15) is 11.2 Å². The normalized spacial score (nSPS) is 15.2. The maximum absolute atomic E-state index is 13.6. The molecule has 1 fully saturated rings. The summed E-state index contributed by atoms with van der Waals surface area (Å²) in [4.78, 5) is 0.278. The van der Waals surface area contributed by atoms with E-state index in [4.69, 9.17) is 0 Å². The molecule has 2 heterocycles. The number of nitrogens with zero attached hydrogens (tertiary/aromatic N) is 1. The fraction of sp³-hybridized carbons (Fsp3) is 0.263. The standard InChI is InChI=1S/C19H22BrN5O2S2/c1-2-3-12-25(19-17(20)15-6-4-5-7-16(15)28-19)29(26,27)14-10-8-13(9-11-14)18-21-23-24-22-18/h4-11,18,21-24H,2-3,12H2,1H3. The number of rotatable bonds is 7. The van der Waals surface area contributed by atoms with Gasteiger partial charge >= 0.3 is 0 Å². The lowest BCUT2D eigenvalue weighted by Crippen LogP contribution is -2.33. The minimum absolute atomic E-state index is 0.139. The first-order valence-electron chi connectivity index (χ1n) is 9.33. The van der Waals surface area contributed by atoms with E-state index in [2.05, 4.69) is 44.8 Å². The van der Waals surface area contributed by atoms with Gasteiger partial charge < -0.3 is 0 Å². The summed E-state index contributed by atoms with van der Waals surface area (Å²) >= 11 is 5.13. The van der Waals surface area contributed by atoms with Gasteiger partial charge in [-0.25, -0.2) is 19.3 Å². The zero-order valence-corrected chi connectivity index (χ0v) is 19.0. The van der Waals surface area contributed by atoms with E-state index in [0.717, 1.165) is 38.0 Å². The van der Waals surface area contributed by atoms with E-state index in [1.165, 1.54) is 15.6 Å². The number of unbranched alkanes of at least 4 members (excludes halogenated alkanes) is 1. The summed E-state index contributed by atoms with van der Waals surface area (Å²) in [7, 11) is -3.70. The quantitative estimate of drug-likeness (QED) is 0.399. The van der Waals surface area contributed by atoms with Crippen molar-refractivity contribution in [1.82, 2.24) is 21.9 Å². The molecule has 0 unspecified atom stereocenters. The lowest BCUT2D eigenvalue weighted by atomic mass is 10.2. The van der Waals surface area contributed by atoms with E-state index in [9.17, 15) is 8.42 Å². The zero-order valence-electron chi connectivity index (χ0n) is 15.8. The van der Waals surface area contributed by atoms with E-state index in [1.807, 2.05) is 36.4 Å². The van der Waals surface area contributed by atoms with Crippen molar-refractivity contribution in [3.63, 3.8) is 0 Å². The Kier molecular flexibility index (Phi) is 6.21. The molecule has 0 bridgehead atoms. The van der Waals surface area contributed by atoms with E-state index < -0.39 is 10.0 Å². The van der Waals surface area contributed by atoms with E-state index in [-0.39, 0.29) is 11.1 Å². The largest absolute Gasteiger partial charge is 0.264 e. The van der Waals surface area contributed by atoms with Crippen molar-refractivity contribution < 1.29 is 8.42 Å². The van der Waals surface area contributed by atoms with Crippen molar-refractivity contribution in [2.24, 2.45) is 0 Å². The Bertz CT molecular complexity index is 1100. The molecule has 0 amide bonds. The van der Waals surface area contributed by atoms with Crippen LogP contribution in [0.15, 0.2) is 57.9 Å². The van der Waals surface area contributed by atoms with Crippen LogP contribution in [0.4, 0.5) is 5.00 Å². The molecule has 154 valence electrons. The van der Waals surface area contributed by atoms with Crippen LogP contribution in [0.2, 0.25) is 0 Å². The first kappa shape index (κ1) is 20.7. The highest BCUT2D eigenvalue weighted by Crippen LogP contribution is 2.43. The highest BCUT2D eigenvalue weighted by molar-refractivity contribution is 9.10. The summed E-state index contributed by atoms with van der Waals surface area (Å²) < 4.78 is 30.5. The Labute approximate surface area is 182 Å². The minimum atomic E-state index is -3.70. The zero-order chi connectivity index (χ0) is 20.4. The van der Waals surface area contributed by atoms with Gasteiger partial charge in [-0.3, -0.25) is 4.31 Å². The first-order chi connectivity index (χ1) is 14.0. The fourth-order valence-electron chi connectivity index (χ4n) is 3.17. The molecule has 4 rings (SSSR count). The Morgan fingerprint density at radius 2 is 1.76 bits per heavy atom. The average molecular weight is 496 g/mol. The van der Waals surface area contributed by atoms with Gasteiger partial charge in [-0.05, 0) is 46.1 Å². The van der Waals surface area contributed by atoms with Crippen molar-refractivity contribution in [3.8, 4) is 0 Å². The van der Waals surface area contributed by atoms with Crippen molar-refractivity contribution in [2.75, 3.05) is 10.8 Å². The van der Waals surface area contributed by atoms with Gasteiger partial charge in [0.15, 0.2) is 0 Å². The molecule has 7 nitrogen and oxygen atoms in total. The van der Waals surface area contributed by atoms with Crippen molar-refractivity contribution in [1.29, 1.82) is 0 Å². The number of benzene rings is 2. The van der Waals surface area contributed by atoms with Crippen LogP contribution in [0, 0.1) is 0 Å². The maximum atomic E-state index is 13.6. The molecule has 1 aromatic heterocycles. The lowest BCUT2D eigenvalue weighted by molar-refractivity contribution is 0.554. The number of fused-ring (bicyclic) bond motifs is 1. The molecule has 10 heteroatoms. The van der Waals surface area contributed by atoms with E-state index in [0.29, 0.717) is 6.54 Å². The number of hydrogen-bond donors (Lipinski definition) is 4. The van der Waals surface area contributed by atoms with Crippen LogP contribution in [0.1, 0.15) is 31.5 Å². The Morgan fingerprint density at radius 1 is 1.07 bits per heavy atom. The second-order valence-electron chi connectivity index (χ2n) is 6.69. The second kappa shape index (κ2) is 8.68. The number of thiophene rings is 1. The molecule has 0 aliphatic carbocycles. The predicted molar refractivity (Wildman–Crippen MR) is 121 cm³/mol. The van der Waals surface area contributed by atoms with Gasteiger partial charge in [-0.2, -0.15) is 11.1 Å². The molecule has 0 radical (unpaired) electrons.